The minimum Gasteiger partial charge on any atom is -0.487 e. The fourth-order valence-electron chi connectivity index (χ4n) is 3.04. The predicted octanol–water partition coefficient (Wildman–Crippen LogP) is 4.71. The van der Waals surface area contributed by atoms with E-state index in [9.17, 15) is 4.79 Å². The molecule has 0 fully saturated rings. The molecule has 0 bridgehead atoms. The Kier molecular flexibility index (Phi) is 5.90. The van der Waals surface area contributed by atoms with Crippen molar-refractivity contribution in [2.24, 2.45) is 0 Å². The number of carbonyl (C=O) groups is 1. The van der Waals surface area contributed by atoms with Gasteiger partial charge < -0.3 is 14.6 Å². The van der Waals surface area contributed by atoms with Crippen molar-refractivity contribution in [1.82, 2.24) is 19.9 Å². The maximum atomic E-state index is 12.6. The van der Waals surface area contributed by atoms with Gasteiger partial charge in [0.25, 0.3) is 5.91 Å². The summed E-state index contributed by atoms with van der Waals surface area (Å²) in [5.74, 6) is 0.586. The van der Waals surface area contributed by atoms with Crippen molar-refractivity contribution in [2.75, 3.05) is 0 Å². The average Bonchev–Trinajstić information content (AvgIpc) is 3.44. The molecule has 30 heavy (non-hydrogen) atoms. The number of ether oxygens (including phenoxy) is 1. The minimum absolute atomic E-state index is 0.113. The largest absolute Gasteiger partial charge is 0.487 e. The number of aryl methyl sites for hydroxylation is 1. The summed E-state index contributed by atoms with van der Waals surface area (Å²) < 4.78 is 7.68. The Labute approximate surface area is 179 Å². The van der Waals surface area contributed by atoms with Crippen LogP contribution in [0.15, 0.2) is 72.6 Å². The molecule has 152 valence electrons. The van der Waals surface area contributed by atoms with Crippen molar-refractivity contribution in [3.05, 3.63) is 94.5 Å². The molecule has 0 spiro atoms. The molecule has 2 aromatic heterocycles. The molecule has 2 aromatic carbocycles. The van der Waals surface area contributed by atoms with Crippen LogP contribution < -0.4 is 10.1 Å². The van der Waals surface area contributed by atoms with E-state index < -0.39 is 0 Å². The Bertz CT molecular complexity index is 1100. The average molecular weight is 419 g/mol. The maximum Gasteiger partial charge on any atom is 0.251 e. The van der Waals surface area contributed by atoms with E-state index in [1.807, 2.05) is 54.3 Å². The molecule has 7 heteroatoms. The molecule has 0 unspecified atom stereocenters. The van der Waals surface area contributed by atoms with Crippen LogP contribution in [-0.4, -0.2) is 20.4 Å². The van der Waals surface area contributed by atoms with Crippen molar-refractivity contribution in [2.45, 2.75) is 26.5 Å². The van der Waals surface area contributed by atoms with Gasteiger partial charge >= 0.3 is 0 Å². The SMILES string of the molecule is Cc1nc(COc2ccc(C(=O)N[C@@H](C)c3ccc(-n4ccnc4)cc3)cc2)cs1. The maximum absolute atomic E-state index is 12.6. The zero-order chi connectivity index (χ0) is 20.9. The molecule has 4 rings (SSSR count). The van der Waals surface area contributed by atoms with Crippen molar-refractivity contribution in [3.63, 3.8) is 0 Å². The van der Waals surface area contributed by atoms with Crippen LogP contribution in [0.1, 0.15) is 39.6 Å². The van der Waals surface area contributed by atoms with Gasteiger partial charge in [-0.1, -0.05) is 12.1 Å². The second kappa shape index (κ2) is 8.92. The molecular weight excluding hydrogens is 396 g/mol. The number of hydrogen-bond donors (Lipinski definition) is 1. The summed E-state index contributed by atoms with van der Waals surface area (Å²) in [6.45, 7) is 4.36. The lowest BCUT2D eigenvalue weighted by atomic mass is 10.1. The predicted molar refractivity (Wildman–Crippen MR) is 117 cm³/mol. The van der Waals surface area contributed by atoms with Crippen molar-refractivity contribution >= 4 is 17.2 Å². The van der Waals surface area contributed by atoms with Crippen LogP contribution in [0.3, 0.4) is 0 Å². The summed E-state index contributed by atoms with van der Waals surface area (Å²) in [4.78, 5) is 21.0. The summed E-state index contributed by atoms with van der Waals surface area (Å²) in [6.07, 6.45) is 5.39. The highest BCUT2D eigenvalue weighted by Crippen LogP contribution is 2.18. The normalized spacial score (nSPS) is 11.8. The monoisotopic (exact) mass is 418 g/mol. The fourth-order valence-corrected chi connectivity index (χ4v) is 3.64. The molecule has 4 aromatic rings. The van der Waals surface area contributed by atoms with Gasteiger partial charge in [0.2, 0.25) is 0 Å². The Morgan fingerprint density at radius 2 is 1.93 bits per heavy atom. The number of thiazole rings is 1. The fraction of sp³-hybridized carbons (Fsp3) is 0.174. The lowest BCUT2D eigenvalue weighted by Crippen LogP contribution is -2.26. The molecule has 0 saturated carbocycles. The van der Waals surface area contributed by atoms with Gasteiger partial charge in [0.1, 0.15) is 12.4 Å². The Hall–Kier alpha value is -3.45. The summed E-state index contributed by atoms with van der Waals surface area (Å²) in [6, 6.07) is 15.1. The number of benzene rings is 2. The molecule has 1 N–H and O–H groups in total. The summed E-state index contributed by atoms with van der Waals surface area (Å²) in [5, 5.41) is 6.05. The Morgan fingerprint density at radius 1 is 1.17 bits per heavy atom. The summed E-state index contributed by atoms with van der Waals surface area (Å²) in [5.41, 5.74) is 3.56. The molecule has 0 aliphatic rings. The minimum atomic E-state index is -0.122. The molecular formula is C23H22N4O2S. The molecule has 0 saturated heterocycles. The summed E-state index contributed by atoms with van der Waals surface area (Å²) in [7, 11) is 0. The number of rotatable bonds is 7. The first kappa shape index (κ1) is 19.8. The molecule has 0 radical (unpaired) electrons. The molecule has 0 aliphatic carbocycles. The van der Waals surface area contributed by atoms with Gasteiger partial charge in [0, 0.05) is 29.0 Å². The number of nitrogens with zero attached hydrogens (tertiary/aromatic N) is 3. The van der Waals surface area contributed by atoms with Crippen molar-refractivity contribution in [3.8, 4) is 11.4 Å². The van der Waals surface area contributed by atoms with Crippen LogP contribution >= 0.6 is 11.3 Å². The van der Waals surface area contributed by atoms with Crippen molar-refractivity contribution < 1.29 is 9.53 Å². The first-order valence-electron chi connectivity index (χ1n) is 9.61. The third-order valence-electron chi connectivity index (χ3n) is 4.71. The molecule has 2 heterocycles. The molecule has 1 amide bonds. The third-order valence-corrected chi connectivity index (χ3v) is 5.54. The van der Waals surface area contributed by atoms with Crippen LogP contribution in [0.25, 0.3) is 5.69 Å². The van der Waals surface area contributed by atoms with Crippen LogP contribution in [-0.2, 0) is 6.61 Å². The zero-order valence-electron chi connectivity index (χ0n) is 16.8. The molecule has 1 atom stereocenters. The highest BCUT2D eigenvalue weighted by Gasteiger charge is 2.12. The Morgan fingerprint density at radius 3 is 2.57 bits per heavy atom. The highest BCUT2D eigenvalue weighted by molar-refractivity contribution is 7.09. The number of aromatic nitrogens is 3. The third kappa shape index (κ3) is 4.75. The van der Waals surface area contributed by atoms with Crippen LogP contribution in [0.5, 0.6) is 5.75 Å². The van der Waals surface area contributed by atoms with Crippen LogP contribution in [0.2, 0.25) is 0 Å². The second-order valence-electron chi connectivity index (χ2n) is 6.93. The van der Waals surface area contributed by atoms with Gasteiger partial charge in [-0.2, -0.15) is 0 Å². The zero-order valence-corrected chi connectivity index (χ0v) is 17.6. The van der Waals surface area contributed by atoms with E-state index in [4.69, 9.17) is 4.74 Å². The lowest BCUT2D eigenvalue weighted by molar-refractivity contribution is 0.0940. The Balaban J connectivity index is 1.33. The van der Waals surface area contributed by atoms with Crippen LogP contribution in [0.4, 0.5) is 0 Å². The number of nitrogens with one attached hydrogen (secondary N) is 1. The van der Waals surface area contributed by atoms with Gasteiger partial charge in [-0.15, -0.1) is 11.3 Å². The van der Waals surface area contributed by atoms with E-state index >= 15 is 0 Å². The van der Waals surface area contributed by atoms with E-state index in [2.05, 4.69) is 15.3 Å². The topological polar surface area (TPSA) is 69.0 Å². The number of imidazole rings is 1. The van der Waals surface area contributed by atoms with Gasteiger partial charge in [0.15, 0.2) is 0 Å². The van der Waals surface area contributed by atoms with Gasteiger partial charge in [0.05, 0.1) is 23.1 Å². The van der Waals surface area contributed by atoms with Crippen molar-refractivity contribution in [1.29, 1.82) is 0 Å². The standard InChI is InChI=1S/C23H22N4O2S/c1-16(18-3-7-21(8-4-18)27-12-11-24-15-27)25-23(28)19-5-9-22(10-6-19)29-13-20-14-30-17(2)26-20/h3-12,14-16H,13H2,1-2H3,(H,25,28)/t16-/m0/s1. The summed E-state index contributed by atoms with van der Waals surface area (Å²) >= 11 is 1.60. The van der Waals surface area contributed by atoms with E-state index in [0.29, 0.717) is 17.9 Å². The van der Waals surface area contributed by atoms with Crippen LogP contribution in [0, 0.1) is 6.92 Å². The molecule has 6 nitrogen and oxygen atoms in total. The number of carbonyl (C=O) groups excluding carboxylic acids is 1. The van der Waals surface area contributed by atoms with E-state index in [-0.39, 0.29) is 11.9 Å². The highest BCUT2D eigenvalue weighted by atomic mass is 32.1. The smallest absolute Gasteiger partial charge is 0.251 e. The van der Waals surface area contributed by atoms with E-state index in [0.717, 1.165) is 22.0 Å². The van der Waals surface area contributed by atoms with Gasteiger partial charge in [-0.05, 0) is 55.8 Å². The first-order chi connectivity index (χ1) is 14.6. The first-order valence-corrected chi connectivity index (χ1v) is 10.5. The number of hydrogen-bond acceptors (Lipinski definition) is 5. The van der Waals surface area contributed by atoms with E-state index in [1.165, 1.54) is 0 Å². The van der Waals surface area contributed by atoms with E-state index in [1.54, 1.807) is 48.1 Å². The quantitative estimate of drug-likeness (QED) is 0.472. The second-order valence-corrected chi connectivity index (χ2v) is 7.99. The number of amides is 1. The molecule has 0 aliphatic heterocycles. The lowest BCUT2D eigenvalue weighted by Gasteiger charge is -2.15. The van der Waals surface area contributed by atoms with Gasteiger partial charge in [-0.3, -0.25) is 4.79 Å². The van der Waals surface area contributed by atoms with Gasteiger partial charge in [-0.25, -0.2) is 9.97 Å².